The Morgan fingerprint density at radius 2 is 1.74 bits per heavy atom. The van der Waals surface area contributed by atoms with Gasteiger partial charge in [-0.2, -0.15) is 0 Å². The number of rotatable bonds is 7. The van der Waals surface area contributed by atoms with Crippen LogP contribution in [0.3, 0.4) is 0 Å². The van der Waals surface area contributed by atoms with E-state index in [-0.39, 0.29) is 0 Å². The normalized spacial score (nSPS) is 39.0. The topological polar surface area (TPSA) is 214 Å². The summed E-state index contributed by atoms with van der Waals surface area (Å²) in [5.74, 6) is 0. The number of aliphatic hydroxyl groups excluding tert-OH is 8. The Bertz CT molecular complexity index is 440. The van der Waals surface area contributed by atoms with E-state index in [1.807, 2.05) is 0 Å². The second-order valence-electron chi connectivity index (χ2n) is 5.47. The van der Waals surface area contributed by atoms with Crippen molar-refractivity contribution in [2.45, 2.75) is 54.4 Å². The van der Waals surface area contributed by atoms with E-state index in [1.54, 1.807) is 0 Å². The smallest absolute Gasteiger partial charge is 0.145 e. The molecule has 0 aromatic rings. The van der Waals surface area contributed by atoms with Crippen LogP contribution in [-0.2, 0) is 9.53 Å². The third kappa shape index (κ3) is 3.69. The molecule has 0 spiro atoms. The highest BCUT2D eigenvalue weighted by atomic mass is 16.5. The summed E-state index contributed by atoms with van der Waals surface area (Å²) in [6.07, 6.45) is -17.5. The zero-order valence-corrected chi connectivity index (χ0v) is 12.0. The molecule has 11 nitrogen and oxygen atoms in total. The Hall–Kier alpha value is -0.730. The van der Waals surface area contributed by atoms with Gasteiger partial charge >= 0.3 is 0 Å². The third-order valence-electron chi connectivity index (χ3n) is 3.93. The maximum absolute atomic E-state index is 11.7. The first-order valence-electron chi connectivity index (χ1n) is 7.29. The zero-order valence-electron chi connectivity index (χ0n) is 13.0. The van der Waals surface area contributed by atoms with Crippen LogP contribution in [0.2, 0.25) is 0 Å². The molecule has 0 aliphatic carbocycles. The van der Waals surface area contributed by atoms with Gasteiger partial charge in [-0.05, 0) is 0 Å². The van der Waals surface area contributed by atoms with E-state index >= 15 is 0 Å². The van der Waals surface area contributed by atoms with Gasteiger partial charge in [-0.15, -0.1) is 0 Å². The molecule has 0 bridgehead atoms. The van der Waals surface area contributed by atoms with Crippen LogP contribution in [0.15, 0.2) is 0 Å². The quantitative estimate of drug-likeness (QED) is 0.198. The Balaban J connectivity index is 3.24. The second-order valence-corrected chi connectivity index (χ2v) is 5.47. The molecule has 23 heavy (non-hydrogen) atoms. The number of aliphatic hydroxyl groups is 8. The lowest BCUT2D eigenvalue weighted by molar-refractivity contribution is -0.252. The first-order valence-corrected chi connectivity index (χ1v) is 6.79. The van der Waals surface area contributed by atoms with E-state index in [0.29, 0.717) is 0 Å². The number of aldehydes is 1. The van der Waals surface area contributed by atoms with E-state index in [1.165, 1.54) is 0 Å². The lowest BCUT2D eigenvalue weighted by atomic mass is 9.78. The fourth-order valence-electron chi connectivity index (χ4n) is 2.38. The van der Waals surface area contributed by atoms with Crippen LogP contribution in [0, 0.1) is 0 Å². The number of carbonyl (C=O) groups is 1. The predicted molar refractivity (Wildman–Crippen MR) is 71.9 cm³/mol. The van der Waals surface area contributed by atoms with E-state index in [2.05, 4.69) is 0 Å². The number of carbonyl (C=O) groups excluding carboxylic acids is 1. The molecule has 1 heterocycles. The summed E-state index contributed by atoms with van der Waals surface area (Å²) >= 11 is 0. The van der Waals surface area contributed by atoms with Gasteiger partial charge < -0.3 is 56.1 Å². The fraction of sp³-hybridized carbons (Fsp3) is 0.917. The highest BCUT2D eigenvalue weighted by molar-refractivity contribution is 5.67. The first kappa shape index (κ1) is 18.6. The molecule has 1 unspecified atom stereocenters. The molecule has 1 saturated heterocycles. The van der Waals surface area contributed by atoms with Crippen LogP contribution in [0.1, 0.15) is 1.37 Å². The van der Waals surface area contributed by atoms with Gasteiger partial charge in [0.1, 0.15) is 62.0 Å². The monoisotopic (exact) mass is 342 g/mol. The number of nitrogens with two attached hydrogens (primary N) is 1. The average Bonchev–Trinajstić information content (AvgIpc) is 2.56. The molecular formula is C12H23NO10. The van der Waals surface area contributed by atoms with Crippen LogP contribution in [0.25, 0.3) is 0 Å². The summed E-state index contributed by atoms with van der Waals surface area (Å²) in [6, 6.07) is 0. The summed E-state index contributed by atoms with van der Waals surface area (Å²) < 4.78 is 12.3. The zero-order chi connectivity index (χ0) is 18.8. The number of hydrogen-bond donors (Lipinski definition) is 9. The molecule has 0 saturated carbocycles. The van der Waals surface area contributed by atoms with E-state index in [4.69, 9.17) is 22.1 Å². The molecule has 1 fully saturated rings. The molecule has 1 aliphatic heterocycles. The third-order valence-corrected chi connectivity index (χ3v) is 3.93. The van der Waals surface area contributed by atoms with Gasteiger partial charge in [-0.3, -0.25) is 0 Å². The summed E-state index contributed by atoms with van der Waals surface area (Å²) in [7, 11) is 0. The summed E-state index contributed by atoms with van der Waals surface area (Å²) in [6.45, 7) is -1.85. The number of ether oxygens (including phenoxy) is 1. The van der Waals surface area contributed by atoms with Crippen molar-refractivity contribution in [3.05, 3.63) is 0 Å². The SMILES string of the molecule is [2H]C(=O)[C@@](N)(C1O[C@H](CO)[C@@H](O)[C@H](O)[C@@H]1O)[C@@H](O)[C@H](O)[C@H](O)CO. The molecule has 11 heteroatoms. The summed E-state index contributed by atoms with van der Waals surface area (Å²) in [4.78, 5) is 11.7. The van der Waals surface area contributed by atoms with Crippen LogP contribution >= 0.6 is 0 Å². The van der Waals surface area contributed by atoms with Crippen molar-refractivity contribution in [2.24, 2.45) is 5.73 Å². The standard InChI is InChI=1S/C12H23NO10/c13-12(3-16,10(22)6(18)4(17)1-14)11-9(21)8(20)7(19)5(2-15)23-11/h3-11,14-15,17-22H,1-2,13H2/t4-,5-,6-,7-,8+,9+,10+,11?,12+/m1/s1/i3D. The van der Waals surface area contributed by atoms with Crippen LogP contribution < -0.4 is 5.73 Å². The minimum atomic E-state index is -2.84. The molecule has 1 rings (SSSR count). The first-order chi connectivity index (χ1) is 11.0. The maximum atomic E-state index is 11.7. The molecule has 0 aromatic heterocycles. The van der Waals surface area contributed by atoms with Gasteiger partial charge in [0.05, 0.1) is 13.2 Å². The highest BCUT2D eigenvalue weighted by Gasteiger charge is 2.56. The van der Waals surface area contributed by atoms with Crippen LogP contribution in [-0.4, -0.2) is 115 Å². The predicted octanol–water partition coefficient (Wildman–Crippen LogP) is -6.20. The molecule has 0 radical (unpaired) electrons. The lowest BCUT2D eigenvalue weighted by Crippen LogP contribution is -2.74. The van der Waals surface area contributed by atoms with E-state index < -0.39 is 73.8 Å². The molecule has 136 valence electrons. The number of hydrogen-bond acceptors (Lipinski definition) is 11. The molecule has 10 N–H and O–H groups in total. The molecule has 0 amide bonds. The molecule has 9 atom stereocenters. The summed E-state index contributed by atoms with van der Waals surface area (Å²) in [5, 5.41) is 76.6. The average molecular weight is 342 g/mol. The Morgan fingerprint density at radius 3 is 2.17 bits per heavy atom. The van der Waals surface area contributed by atoms with Gasteiger partial charge in [-0.1, -0.05) is 0 Å². The second kappa shape index (κ2) is 7.90. The van der Waals surface area contributed by atoms with Gasteiger partial charge in [-0.25, -0.2) is 0 Å². The van der Waals surface area contributed by atoms with Crippen LogP contribution in [0.4, 0.5) is 0 Å². The van der Waals surface area contributed by atoms with Crippen molar-refractivity contribution >= 4 is 6.26 Å². The van der Waals surface area contributed by atoms with Crippen molar-refractivity contribution in [3.63, 3.8) is 0 Å². The van der Waals surface area contributed by atoms with Gasteiger partial charge in [0, 0.05) is 0 Å². The van der Waals surface area contributed by atoms with E-state index in [9.17, 15) is 35.4 Å². The van der Waals surface area contributed by atoms with Gasteiger partial charge in [0.15, 0.2) is 0 Å². The lowest BCUT2D eigenvalue weighted by Gasteiger charge is -2.47. The van der Waals surface area contributed by atoms with Crippen molar-refractivity contribution in [1.29, 1.82) is 0 Å². The Labute approximate surface area is 132 Å². The largest absolute Gasteiger partial charge is 0.394 e. The van der Waals surface area contributed by atoms with Crippen molar-refractivity contribution in [1.82, 2.24) is 0 Å². The molecular weight excluding hydrogens is 318 g/mol. The fourth-order valence-corrected chi connectivity index (χ4v) is 2.38. The Morgan fingerprint density at radius 1 is 1.17 bits per heavy atom. The van der Waals surface area contributed by atoms with Crippen molar-refractivity contribution in [3.8, 4) is 0 Å². The molecule has 0 aromatic carbocycles. The van der Waals surface area contributed by atoms with Crippen LogP contribution in [0.5, 0.6) is 0 Å². The summed E-state index contributed by atoms with van der Waals surface area (Å²) in [5.41, 5.74) is 2.82. The van der Waals surface area contributed by atoms with Gasteiger partial charge in [0.2, 0.25) is 0 Å². The molecule has 1 aliphatic rings. The van der Waals surface area contributed by atoms with Crippen molar-refractivity contribution < 1.29 is 51.8 Å². The Kier molecular flexibility index (Phi) is 6.39. The van der Waals surface area contributed by atoms with Crippen molar-refractivity contribution in [2.75, 3.05) is 13.2 Å². The highest BCUT2D eigenvalue weighted by Crippen LogP contribution is 2.29. The minimum absolute atomic E-state index is 0.846. The minimum Gasteiger partial charge on any atom is -0.394 e. The van der Waals surface area contributed by atoms with Gasteiger partial charge in [0.25, 0.3) is 0 Å². The van der Waals surface area contributed by atoms with E-state index in [0.717, 1.165) is 0 Å². The maximum Gasteiger partial charge on any atom is 0.145 e.